The van der Waals surface area contributed by atoms with Gasteiger partial charge in [-0.1, -0.05) is 24.3 Å². The van der Waals surface area contributed by atoms with Crippen LogP contribution in [0.15, 0.2) is 54.9 Å². The number of benzene rings is 2. The summed E-state index contributed by atoms with van der Waals surface area (Å²) in [5, 5.41) is 2.68. The normalized spacial score (nSPS) is 13.0. The third-order valence-corrected chi connectivity index (χ3v) is 4.00. The zero-order valence-electron chi connectivity index (χ0n) is 13.4. The fourth-order valence-electron chi connectivity index (χ4n) is 2.61. The first kappa shape index (κ1) is 17.0. The average molecular weight is 347 g/mol. The van der Waals surface area contributed by atoms with E-state index in [2.05, 4.69) is 10.3 Å². The number of hydrogen-bond donors (Lipinski definition) is 1. The van der Waals surface area contributed by atoms with Gasteiger partial charge in [0, 0.05) is 6.54 Å². The van der Waals surface area contributed by atoms with Gasteiger partial charge in [0.25, 0.3) is 0 Å². The molecule has 0 bridgehead atoms. The van der Waals surface area contributed by atoms with E-state index in [1.807, 2.05) is 24.3 Å². The number of alkyl halides is 3. The first-order valence-corrected chi connectivity index (χ1v) is 7.71. The van der Waals surface area contributed by atoms with Crippen LogP contribution in [0.3, 0.4) is 0 Å². The number of nitrogens with one attached hydrogen (secondary N) is 1. The summed E-state index contributed by atoms with van der Waals surface area (Å²) >= 11 is 0. The predicted molar refractivity (Wildman–Crippen MR) is 87.7 cm³/mol. The molecule has 3 aromatic rings. The highest BCUT2D eigenvalue weighted by Gasteiger charge is 2.30. The Balaban J connectivity index is 1.70. The van der Waals surface area contributed by atoms with Gasteiger partial charge in [0.2, 0.25) is 5.91 Å². The van der Waals surface area contributed by atoms with Crippen LogP contribution in [-0.2, 0) is 17.5 Å². The largest absolute Gasteiger partial charge is 0.416 e. The molecule has 0 aliphatic heterocycles. The Hall–Kier alpha value is -2.83. The lowest BCUT2D eigenvalue weighted by atomic mass is 10.1. The van der Waals surface area contributed by atoms with E-state index in [1.54, 1.807) is 23.9 Å². The van der Waals surface area contributed by atoms with Crippen LogP contribution in [0.1, 0.15) is 24.1 Å². The summed E-state index contributed by atoms with van der Waals surface area (Å²) in [6, 6.07) is 11.8. The van der Waals surface area contributed by atoms with Crippen LogP contribution in [-0.4, -0.2) is 15.5 Å². The summed E-state index contributed by atoms with van der Waals surface area (Å²) in [5.74, 6) is -0.291. The maximum atomic E-state index is 12.7. The van der Waals surface area contributed by atoms with Crippen molar-refractivity contribution >= 4 is 16.9 Å². The highest BCUT2D eigenvalue weighted by Crippen LogP contribution is 2.29. The second-order valence-electron chi connectivity index (χ2n) is 5.73. The molecule has 3 rings (SSSR count). The molecule has 2 aromatic carbocycles. The van der Waals surface area contributed by atoms with E-state index in [4.69, 9.17) is 0 Å². The molecule has 1 atom stereocenters. The quantitative estimate of drug-likeness (QED) is 0.777. The van der Waals surface area contributed by atoms with Crippen LogP contribution >= 0.6 is 0 Å². The SMILES string of the molecule is CC(C(=O)NCc1cccc(C(F)(F)F)c1)n1cnc2ccccc21. The highest BCUT2D eigenvalue weighted by atomic mass is 19.4. The summed E-state index contributed by atoms with van der Waals surface area (Å²) in [7, 11) is 0. The van der Waals surface area contributed by atoms with E-state index in [1.165, 1.54) is 6.07 Å². The molecular formula is C18H16F3N3O. The summed E-state index contributed by atoms with van der Waals surface area (Å²) in [6.45, 7) is 1.75. The minimum Gasteiger partial charge on any atom is -0.350 e. The number of imidazole rings is 1. The Bertz CT molecular complexity index is 902. The van der Waals surface area contributed by atoms with Crippen LogP contribution in [0, 0.1) is 0 Å². The molecule has 1 N–H and O–H groups in total. The van der Waals surface area contributed by atoms with Crippen LogP contribution in [0.2, 0.25) is 0 Å². The third-order valence-electron chi connectivity index (χ3n) is 4.00. The van der Waals surface area contributed by atoms with Crippen molar-refractivity contribution in [1.82, 2.24) is 14.9 Å². The van der Waals surface area contributed by atoms with Gasteiger partial charge in [-0.25, -0.2) is 4.98 Å². The average Bonchev–Trinajstić information content (AvgIpc) is 3.02. The van der Waals surface area contributed by atoms with Crippen molar-refractivity contribution in [3.8, 4) is 0 Å². The topological polar surface area (TPSA) is 46.9 Å². The first-order valence-electron chi connectivity index (χ1n) is 7.71. The van der Waals surface area contributed by atoms with Gasteiger partial charge < -0.3 is 9.88 Å². The predicted octanol–water partition coefficient (Wildman–Crippen LogP) is 3.93. The Kier molecular flexibility index (Phi) is 4.48. The lowest BCUT2D eigenvalue weighted by Crippen LogP contribution is -2.30. The summed E-state index contributed by atoms with van der Waals surface area (Å²) in [6.07, 6.45) is -2.82. The first-order chi connectivity index (χ1) is 11.9. The number of para-hydroxylation sites is 2. The second kappa shape index (κ2) is 6.58. The van der Waals surface area contributed by atoms with Gasteiger partial charge in [-0.15, -0.1) is 0 Å². The van der Waals surface area contributed by atoms with Crippen LogP contribution < -0.4 is 5.32 Å². The minimum absolute atomic E-state index is 0.0275. The van der Waals surface area contributed by atoms with E-state index in [0.717, 1.165) is 23.2 Å². The van der Waals surface area contributed by atoms with Crippen molar-refractivity contribution in [3.63, 3.8) is 0 Å². The molecule has 0 radical (unpaired) electrons. The van der Waals surface area contributed by atoms with Crippen molar-refractivity contribution in [2.75, 3.05) is 0 Å². The molecule has 0 aliphatic rings. The molecule has 7 heteroatoms. The van der Waals surface area contributed by atoms with Gasteiger partial charge in [0.1, 0.15) is 6.04 Å². The third kappa shape index (κ3) is 3.65. The van der Waals surface area contributed by atoms with Crippen LogP contribution in [0.4, 0.5) is 13.2 Å². The summed E-state index contributed by atoms with van der Waals surface area (Å²) < 4.78 is 39.9. The fraction of sp³-hybridized carbons (Fsp3) is 0.222. The van der Waals surface area contributed by atoms with E-state index in [0.29, 0.717) is 5.56 Å². The van der Waals surface area contributed by atoms with Crippen LogP contribution in [0.5, 0.6) is 0 Å². The maximum Gasteiger partial charge on any atom is 0.416 e. The molecule has 4 nitrogen and oxygen atoms in total. The number of carbonyl (C=O) groups excluding carboxylic acids is 1. The number of amides is 1. The molecule has 0 aliphatic carbocycles. The Morgan fingerprint density at radius 1 is 1.20 bits per heavy atom. The van der Waals surface area contributed by atoms with Gasteiger partial charge in [-0.05, 0) is 36.8 Å². The number of rotatable bonds is 4. The number of carbonyl (C=O) groups is 1. The number of hydrogen-bond acceptors (Lipinski definition) is 2. The molecule has 25 heavy (non-hydrogen) atoms. The molecule has 0 saturated carbocycles. The zero-order chi connectivity index (χ0) is 18.0. The lowest BCUT2D eigenvalue weighted by molar-refractivity contribution is -0.137. The summed E-state index contributed by atoms with van der Waals surface area (Å²) in [4.78, 5) is 16.6. The molecule has 130 valence electrons. The van der Waals surface area contributed by atoms with Gasteiger partial charge in [-0.2, -0.15) is 13.2 Å². The molecule has 0 fully saturated rings. The molecule has 0 spiro atoms. The number of halogens is 3. The monoisotopic (exact) mass is 347 g/mol. The van der Waals surface area contributed by atoms with Crippen LogP contribution in [0.25, 0.3) is 11.0 Å². The smallest absolute Gasteiger partial charge is 0.350 e. The van der Waals surface area contributed by atoms with Gasteiger partial charge in [-0.3, -0.25) is 4.79 Å². The van der Waals surface area contributed by atoms with Crippen molar-refractivity contribution in [1.29, 1.82) is 0 Å². The van der Waals surface area contributed by atoms with E-state index < -0.39 is 17.8 Å². The van der Waals surface area contributed by atoms with E-state index in [9.17, 15) is 18.0 Å². The standard InChI is InChI=1S/C18H16F3N3O/c1-12(24-11-23-15-7-2-3-8-16(15)24)17(25)22-10-13-5-4-6-14(9-13)18(19,20)21/h2-9,11-12H,10H2,1H3,(H,22,25). The Morgan fingerprint density at radius 2 is 1.96 bits per heavy atom. The second-order valence-corrected chi connectivity index (χ2v) is 5.73. The molecule has 1 amide bonds. The van der Waals surface area contributed by atoms with Gasteiger partial charge in [0.15, 0.2) is 0 Å². The molecular weight excluding hydrogens is 331 g/mol. The van der Waals surface area contributed by atoms with Crippen molar-refractivity contribution in [2.24, 2.45) is 0 Å². The van der Waals surface area contributed by atoms with Gasteiger partial charge in [0.05, 0.1) is 22.9 Å². The maximum absolute atomic E-state index is 12.7. The highest BCUT2D eigenvalue weighted by molar-refractivity contribution is 5.83. The van der Waals surface area contributed by atoms with E-state index in [-0.39, 0.29) is 12.5 Å². The molecule has 1 heterocycles. The van der Waals surface area contributed by atoms with Crippen molar-refractivity contribution in [2.45, 2.75) is 25.7 Å². The van der Waals surface area contributed by atoms with Crippen molar-refractivity contribution in [3.05, 3.63) is 66.0 Å². The van der Waals surface area contributed by atoms with Crippen molar-refractivity contribution < 1.29 is 18.0 Å². The van der Waals surface area contributed by atoms with Gasteiger partial charge >= 0.3 is 6.18 Å². The number of fused-ring (bicyclic) bond motifs is 1. The van der Waals surface area contributed by atoms with E-state index >= 15 is 0 Å². The Labute approximate surface area is 142 Å². The number of nitrogens with zero attached hydrogens (tertiary/aromatic N) is 2. The summed E-state index contributed by atoms with van der Waals surface area (Å²) in [5.41, 5.74) is 1.27. The lowest BCUT2D eigenvalue weighted by Gasteiger charge is -2.15. The molecule has 1 unspecified atom stereocenters. The minimum atomic E-state index is -4.40. The number of aromatic nitrogens is 2. The molecule has 0 saturated heterocycles. The zero-order valence-corrected chi connectivity index (χ0v) is 13.4. The fourth-order valence-corrected chi connectivity index (χ4v) is 2.61. The molecule has 1 aromatic heterocycles. The Morgan fingerprint density at radius 3 is 2.72 bits per heavy atom.